The van der Waals surface area contributed by atoms with Gasteiger partial charge in [-0.05, 0) is 51.7 Å². The number of hydrogen-bond acceptors (Lipinski definition) is 4. The number of piperidine rings is 1. The number of hydrogen-bond donors (Lipinski definition) is 1. The number of rotatable bonds is 3. The second kappa shape index (κ2) is 7.05. The topological polar surface area (TPSA) is 47.7 Å². The molecule has 2 N–H and O–H groups in total. The Bertz CT molecular complexity index is 502. The van der Waals surface area contributed by atoms with Gasteiger partial charge >= 0.3 is 0 Å². The fraction of sp³-hybridized carbons (Fsp3) is 0.667. The molecule has 3 rings (SSSR count). The molecule has 0 bridgehead atoms. The van der Waals surface area contributed by atoms with Crippen LogP contribution < -0.4 is 10.6 Å². The van der Waals surface area contributed by atoms with Gasteiger partial charge in [0.15, 0.2) is 0 Å². The number of benzene rings is 1. The van der Waals surface area contributed by atoms with Crippen molar-refractivity contribution in [1.82, 2.24) is 0 Å². The third-order valence-electron chi connectivity index (χ3n) is 4.82. The molecule has 23 heavy (non-hydrogen) atoms. The SMILES string of the molecule is C[C@@H]1CC(OC2CCN(c3c(N)cccc3F)CC2)C[C@H](C)O1. The van der Waals surface area contributed by atoms with E-state index in [9.17, 15) is 4.39 Å². The van der Waals surface area contributed by atoms with E-state index in [0.717, 1.165) is 38.8 Å². The van der Waals surface area contributed by atoms with Crippen LogP contribution in [0.3, 0.4) is 0 Å². The number of nitrogens with two attached hydrogens (primary N) is 1. The van der Waals surface area contributed by atoms with Gasteiger partial charge in [-0.3, -0.25) is 0 Å². The largest absolute Gasteiger partial charge is 0.397 e. The highest BCUT2D eigenvalue weighted by Gasteiger charge is 2.29. The number of para-hydroxylation sites is 1. The zero-order chi connectivity index (χ0) is 16.4. The van der Waals surface area contributed by atoms with Crippen molar-refractivity contribution in [3.8, 4) is 0 Å². The smallest absolute Gasteiger partial charge is 0.148 e. The van der Waals surface area contributed by atoms with E-state index < -0.39 is 0 Å². The fourth-order valence-electron chi connectivity index (χ4n) is 3.81. The van der Waals surface area contributed by atoms with Gasteiger partial charge in [-0.1, -0.05) is 6.07 Å². The monoisotopic (exact) mass is 322 g/mol. The normalized spacial score (nSPS) is 29.7. The Hall–Kier alpha value is -1.33. The zero-order valence-corrected chi connectivity index (χ0v) is 14.0. The van der Waals surface area contributed by atoms with Gasteiger partial charge in [-0.25, -0.2) is 4.39 Å². The van der Waals surface area contributed by atoms with Crippen LogP contribution in [-0.4, -0.2) is 37.5 Å². The van der Waals surface area contributed by atoms with Gasteiger partial charge in [0.2, 0.25) is 0 Å². The van der Waals surface area contributed by atoms with E-state index in [-0.39, 0.29) is 30.2 Å². The second-order valence-electron chi connectivity index (χ2n) is 6.85. The van der Waals surface area contributed by atoms with Crippen molar-refractivity contribution in [2.75, 3.05) is 23.7 Å². The lowest BCUT2D eigenvalue weighted by Crippen LogP contribution is -2.41. The van der Waals surface area contributed by atoms with Crippen LogP contribution in [0.1, 0.15) is 39.5 Å². The summed E-state index contributed by atoms with van der Waals surface area (Å²) in [6, 6.07) is 4.88. The van der Waals surface area contributed by atoms with Crippen molar-refractivity contribution in [1.29, 1.82) is 0 Å². The van der Waals surface area contributed by atoms with Crippen LogP contribution in [0, 0.1) is 5.82 Å². The van der Waals surface area contributed by atoms with E-state index in [1.54, 1.807) is 12.1 Å². The van der Waals surface area contributed by atoms with Gasteiger partial charge in [-0.15, -0.1) is 0 Å². The first-order valence-electron chi connectivity index (χ1n) is 8.62. The van der Waals surface area contributed by atoms with Crippen LogP contribution in [0.15, 0.2) is 18.2 Å². The Morgan fingerprint density at radius 1 is 1.13 bits per heavy atom. The predicted molar refractivity (Wildman–Crippen MR) is 90.2 cm³/mol. The summed E-state index contributed by atoms with van der Waals surface area (Å²) in [6.45, 7) is 5.78. The van der Waals surface area contributed by atoms with Crippen molar-refractivity contribution in [2.24, 2.45) is 0 Å². The molecule has 2 aliphatic rings. The summed E-state index contributed by atoms with van der Waals surface area (Å²) < 4.78 is 26.1. The van der Waals surface area contributed by atoms with Crippen molar-refractivity contribution < 1.29 is 13.9 Å². The zero-order valence-electron chi connectivity index (χ0n) is 14.0. The predicted octanol–water partition coefficient (Wildman–Crippen LogP) is 3.35. The number of nitrogens with zero attached hydrogens (tertiary/aromatic N) is 1. The minimum atomic E-state index is -0.239. The summed E-state index contributed by atoms with van der Waals surface area (Å²) in [5.41, 5.74) is 6.99. The third kappa shape index (κ3) is 3.96. The highest BCUT2D eigenvalue weighted by atomic mass is 19.1. The molecule has 0 spiro atoms. The van der Waals surface area contributed by atoms with Gasteiger partial charge in [0.1, 0.15) is 5.82 Å². The molecule has 0 amide bonds. The van der Waals surface area contributed by atoms with Crippen LogP contribution in [-0.2, 0) is 9.47 Å². The van der Waals surface area contributed by atoms with Crippen LogP contribution in [0.5, 0.6) is 0 Å². The van der Waals surface area contributed by atoms with E-state index >= 15 is 0 Å². The molecule has 2 heterocycles. The van der Waals surface area contributed by atoms with E-state index in [0.29, 0.717) is 11.4 Å². The first-order chi connectivity index (χ1) is 11.0. The second-order valence-corrected chi connectivity index (χ2v) is 6.85. The number of nitrogen functional groups attached to an aromatic ring is 1. The Morgan fingerprint density at radius 3 is 2.39 bits per heavy atom. The van der Waals surface area contributed by atoms with E-state index in [2.05, 4.69) is 13.8 Å². The summed E-state index contributed by atoms with van der Waals surface area (Å²) in [5, 5.41) is 0. The fourth-order valence-corrected chi connectivity index (χ4v) is 3.81. The van der Waals surface area contributed by atoms with Crippen molar-refractivity contribution >= 4 is 11.4 Å². The first kappa shape index (κ1) is 16.5. The molecular formula is C18H27FN2O2. The highest BCUT2D eigenvalue weighted by Crippen LogP contribution is 2.31. The van der Waals surface area contributed by atoms with Gasteiger partial charge < -0.3 is 20.1 Å². The molecular weight excluding hydrogens is 295 g/mol. The summed E-state index contributed by atoms with van der Waals surface area (Å²) >= 11 is 0. The quantitative estimate of drug-likeness (QED) is 0.867. The molecule has 5 heteroatoms. The molecule has 1 aromatic carbocycles. The Balaban J connectivity index is 1.54. The Labute approximate surface area is 137 Å². The first-order valence-corrected chi connectivity index (χ1v) is 8.62. The average molecular weight is 322 g/mol. The van der Waals surface area contributed by atoms with Gasteiger partial charge in [0, 0.05) is 13.1 Å². The summed E-state index contributed by atoms with van der Waals surface area (Å²) in [5.74, 6) is -0.239. The molecule has 2 aliphatic heterocycles. The highest BCUT2D eigenvalue weighted by molar-refractivity contribution is 5.68. The van der Waals surface area contributed by atoms with Gasteiger partial charge in [-0.2, -0.15) is 0 Å². The van der Waals surface area contributed by atoms with E-state index in [4.69, 9.17) is 15.2 Å². The van der Waals surface area contributed by atoms with Crippen molar-refractivity contribution in [3.63, 3.8) is 0 Å². The summed E-state index contributed by atoms with van der Waals surface area (Å²) in [7, 11) is 0. The van der Waals surface area contributed by atoms with Crippen molar-refractivity contribution in [3.05, 3.63) is 24.0 Å². The van der Waals surface area contributed by atoms with Crippen LogP contribution >= 0.6 is 0 Å². The maximum atomic E-state index is 14.0. The van der Waals surface area contributed by atoms with Crippen LogP contribution in [0.4, 0.5) is 15.8 Å². The summed E-state index contributed by atoms with van der Waals surface area (Å²) in [6.07, 6.45) is 4.81. The van der Waals surface area contributed by atoms with Gasteiger partial charge in [0.25, 0.3) is 0 Å². The van der Waals surface area contributed by atoms with Gasteiger partial charge in [0.05, 0.1) is 35.8 Å². The molecule has 128 valence electrons. The van der Waals surface area contributed by atoms with E-state index in [1.807, 2.05) is 4.90 Å². The number of halogens is 1. The molecule has 0 saturated carbocycles. The standard InChI is InChI=1S/C18H27FN2O2/c1-12-10-15(11-13(2)22-12)23-14-6-8-21(9-7-14)18-16(19)4-3-5-17(18)20/h3-5,12-15H,6-11,20H2,1-2H3/t12-,13+,15?. The number of anilines is 2. The molecule has 2 fully saturated rings. The molecule has 4 nitrogen and oxygen atoms in total. The van der Waals surface area contributed by atoms with Crippen molar-refractivity contribution in [2.45, 2.75) is 63.9 Å². The van der Waals surface area contributed by atoms with E-state index in [1.165, 1.54) is 6.07 Å². The summed E-state index contributed by atoms with van der Waals surface area (Å²) in [4.78, 5) is 2.04. The molecule has 0 aliphatic carbocycles. The lowest BCUT2D eigenvalue weighted by Gasteiger charge is -2.38. The molecule has 1 aromatic rings. The van der Waals surface area contributed by atoms with Crippen LogP contribution in [0.2, 0.25) is 0 Å². The Kier molecular flexibility index (Phi) is 5.07. The molecule has 0 aromatic heterocycles. The molecule has 0 radical (unpaired) electrons. The molecule has 1 unspecified atom stereocenters. The molecule has 3 atom stereocenters. The Morgan fingerprint density at radius 2 is 1.78 bits per heavy atom. The maximum absolute atomic E-state index is 14.0. The van der Waals surface area contributed by atoms with Crippen LogP contribution in [0.25, 0.3) is 0 Å². The average Bonchev–Trinajstić information content (AvgIpc) is 2.48. The minimum Gasteiger partial charge on any atom is -0.397 e. The maximum Gasteiger partial charge on any atom is 0.148 e. The molecule has 2 saturated heterocycles. The minimum absolute atomic E-state index is 0.239. The third-order valence-corrected chi connectivity index (χ3v) is 4.82. The lowest BCUT2D eigenvalue weighted by molar-refractivity contribution is -0.124. The number of ether oxygens (including phenoxy) is 2. The lowest BCUT2D eigenvalue weighted by atomic mass is 10.0.